The lowest BCUT2D eigenvalue weighted by Crippen LogP contribution is -2.16. The first-order valence-electron chi connectivity index (χ1n) is 7.45. The van der Waals surface area contributed by atoms with Gasteiger partial charge in [-0.2, -0.15) is 5.10 Å². The first-order chi connectivity index (χ1) is 11.6. The number of aromatic nitrogens is 4. The molecule has 1 aromatic carbocycles. The fourth-order valence-electron chi connectivity index (χ4n) is 2.08. The number of anilines is 1. The molecule has 0 atom stereocenters. The number of rotatable bonds is 5. The second-order valence-electron chi connectivity index (χ2n) is 5.26. The van der Waals surface area contributed by atoms with Gasteiger partial charge in [0.1, 0.15) is 5.75 Å². The Balaban J connectivity index is 1.62. The number of amides is 1. The summed E-state index contributed by atoms with van der Waals surface area (Å²) in [5.74, 6) is 0.674. The average molecular weight is 323 g/mol. The summed E-state index contributed by atoms with van der Waals surface area (Å²) >= 11 is 0. The Labute approximate surface area is 139 Å². The number of carbonyl (C=O) groups is 1. The summed E-state index contributed by atoms with van der Waals surface area (Å²) in [7, 11) is 0. The van der Waals surface area contributed by atoms with Gasteiger partial charge in [0.05, 0.1) is 0 Å². The Bertz CT molecular complexity index is 859. The first kappa shape index (κ1) is 15.7. The van der Waals surface area contributed by atoms with E-state index in [0.717, 1.165) is 17.0 Å². The molecular weight excluding hydrogens is 306 g/mol. The average Bonchev–Trinajstić information content (AvgIpc) is 3.03. The Morgan fingerprint density at radius 1 is 1.21 bits per heavy atom. The van der Waals surface area contributed by atoms with E-state index in [1.165, 1.54) is 0 Å². The molecule has 3 rings (SSSR count). The highest BCUT2D eigenvalue weighted by molar-refractivity contribution is 6.01. The predicted molar refractivity (Wildman–Crippen MR) is 88.8 cm³/mol. The number of carbonyl (C=O) groups excluding carboxylic acids is 1. The van der Waals surface area contributed by atoms with Crippen molar-refractivity contribution in [2.75, 3.05) is 5.32 Å². The van der Waals surface area contributed by atoms with Gasteiger partial charge < -0.3 is 4.74 Å². The molecule has 0 aliphatic heterocycles. The molecular formula is C17H17N5O2. The van der Waals surface area contributed by atoms with E-state index in [-0.39, 0.29) is 24.3 Å². The van der Waals surface area contributed by atoms with Crippen LogP contribution in [0.25, 0.3) is 0 Å². The Morgan fingerprint density at radius 3 is 2.83 bits per heavy atom. The third-order valence-corrected chi connectivity index (χ3v) is 3.34. The summed E-state index contributed by atoms with van der Waals surface area (Å²) < 4.78 is 7.25. The summed E-state index contributed by atoms with van der Waals surface area (Å²) in [5.41, 5.74) is 2.09. The first-order valence-corrected chi connectivity index (χ1v) is 7.45. The van der Waals surface area contributed by atoms with Crippen LogP contribution in [0.3, 0.4) is 0 Å². The number of para-hydroxylation sites is 1. The van der Waals surface area contributed by atoms with E-state index in [4.69, 9.17) is 4.74 Å². The van der Waals surface area contributed by atoms with Crippen LogP contribution in [0.15, 0.2) is 48.8 Å². The Hall–Kier alpha value is -3.22. The van der Waals surface area contributed by atoms with Crippen LogP contribution in [0.2, 0.25) is 0 Å². The van der Waals surface area contributed by atoms with Gasteiger partial charge in [-0.15, -0.1) is 0 Å². The second kappa shape index (κ2) is 6.91. The predicted octanol–water partition coefficient (Wildman–Crippen LogP) is 2.58. The van der Waals surface area contributed by atoms with Crippen LogP contribution in [0.1, 0.15) is 21.7 Å². The highest BCUT2D eigenvalue weighted by atomic mass is 16.5. The van der Waals surface area contributed by atoms with E-state index in [2.05, 4.69) is 20.4 Å². The fourth-order valence-corrected chi connectivity index (χ4v) is 2.08. The van der Waals surface area contributed by atoms with Crippen molar-refractivity contribution in [3.8, 4) is 5.75 Å². The topological polar surface area (TPSA) is 81.9 Å². The molecule has 1 amide bonds. The number of nitrogens with one attached hydrogen (secondary N) is 1. The van der Waals surface area contributed by atoms with Gasteiger partial charge in [-0.3, -0.25) is 10.1 Å². The maximum atomic E-state index is 12.2. The molecule has 122 valence electrons. The third-order valence-electron chi connectivity index (χ3n) is 3.34. The number of benzene rings is 1. The van der Waals surface area contributed by atoms with Crippen LogP contribution in [-0.2, 0) is 6.73 Å². The molecule has 3 aromatic rings. The molecule has 2 aromatic heterocycles. The van der Waals surface area contributed by atoms with Crippen molar-refractivity contribution in [2.45, 2.75) is 20.6 Å². The van der Waals surface area contributed by atoms with Crippen LogP contribution >= 0.6 is 0 Å². The van der Waals surface area contributed by atoms with Crippen LogP contribution in [0.4, 0.5) is 5.95 Å². The van der Waals surface area contributed by atoms with Crippen molar-refractivity contribution in [3.05, 3.63) is 65.7 Å². The van der Waals surface area contributed by atoms with Crippen molar-refractivity contribution in [1.29, 1.82) is 0 Å². The largest absolute Gasteiger partial charge is 0.471 e. The molecule has 24 heavy (non-hydrogen) atoms. The Kier molecular flexibility index (Phi) is 4.51. The van der Waals surface area contributed by atoms with Crippen molar-refractivity contribution in [3.63, 3.8) is 0 Å². The number of nitrogens with zero attached hydrogens (tertiary/aromatic N) is 4. The van der Waals surface area contributed by atoms with Gasteiger partial charge >= 0.3 is 0 Å². The minimum atomic E-state index is -0.366. The molecule has 2 heterocycles. The lowest BCUT2D eigenvalue weighted by Gasteiger charge is -2.08. The summed E-state index contributed by atoms with van der Waals surface area (Å²) in [6, 6.07) is 11.1. The summed E-state index contributed by atoms with van der Waals surface area (Å²) in [6.45, 7) is 4.02. The zero-order chi connectivity index (χ0) is 16.9. The summed E-state index contributed by atoms with van der Waals surface area (Å²) in [6.07, 6.45) is 3.27. The molecule has 0 aliphatic carbocycles. The minimum absolute atomic E-state index is 0.221. The van der Waals surface area contributed by atoms with E-state index < -0.39 is 0 Å². The molecule has 0 radical (unpaired) electrons. The van der Waals surface area contributed by atoms with Crippen LogP contribution in [0, 0.1) is 13.8 Å². The molecule has 0 saturated heterocycles. The Morgan fingerprint density at radius 2 is 2.04 bits per heavy atom. The van der Waals surface area contributed by atoms with Crippen molar-refractivity contribution in [2.24, 2.45) is 0 Å². The lowest BCUT2D eigenvalue weighted by molar-refractivity contribution is 0.101. The van der Waals surface area contributed by atoms with E-state index >= 15 is 0 Å². The smallest absolute Gasteiger partial charge is 0.278 e. The quantitative estimate of drug-likeness (QED) is 0.780. The molecule has 7 heteroatoms. The minimum Gasteiger partial charge on any atom is -0.471 e. The maximum Gasteiger partial charge on any atom is 0.278 e. The molecule has 0 unspecified atom stereocenters. The van der Waals surface area contributed by atoms with E-state index in [1.54, 1.807) is 29.2 Å². The molecule has 0 aliphatic rings. The third kappa shape index (κ3) is 3.75. The van der Waals surface area contributed by atoms with E-state index in [1.807, 2.05) is 38.1 Å². The van der Waals surface area contributed by atoms with Gasteiger partial charge in [0.25, 0.3) is 5.91 Å². The van der Waals surface area contributed by atoms with Gasteiger partial charge in [-0.05, 0) is 37.6 Å². The van der Waals surface area contributed by atoms with Crippen LogP contribution in [0.5, 0.6) is 5.75 Å². The molecule has 7 nitrogen and oxygen atoms in total. The summed E-state index contributed by atoms with van der Waals surface area (Å²) in [5, 5.41) is 6.82. The maximum absolute atomic E-state index is 12.2. The van der Waals surface area contributed by atoms with Crippen molar-refractivity contribution >= 4 is 11.9 Å². The van der Waals surface area contributed by atoms with Gasteiger partial charge in [0, 0.05) is 18.1 Å². The molecule has 0 bridgehead atoms. The second-order valence-corrected chi connectivity index (χ2v) is 5.26. The number of ether oxygens (including phenoxy) is 1. The standard InChI is InChI=1S/C17H17N5O2/c1-12-5-3-4-6-15(12)24-11-22-10-8-14(21-22)16(23)20-17-18-9-7-13(2)19-17/h3-10H,11H2,1-2H3,(H,18,19,20,23). The van der Waals surface area contributed by atoms with Gasteiger partial charge in [-0.1, -0.05) is 18.2 Å². The monoisotopic (exact) mass is 323 g/mol. The fraction of sp³-hybridized carbons (Fsp3) is 0.176. The zero-order valence-electron chi connectivity index (χ0n) is 13.4. The van der Waals surface area contributed by atoms with Gasteiger partial charge in [-0.25, -0.2) is 14.6 Å². The highest BCUT2D eigenvalue weighted by Crippen LogP contribution is 2.16. The lowest BCUT2D eigenvalue weighted by atomic mass is 10.2. The van der Waals surface area contributed by atoms with Gasteiger partial charge in [0.2, 0.25) is 5.95 Å². The summed E-state index contributed by atoms with van der Waals surface area (Å²) in [4.78, 5) is 20.3. The van der Waals surface area contributed by atoms with E-state index in [9.17, 15) is 4.79 Å². The van der Waals surface area contributed by atoms with Crippen molar-refractivity contribution < 1.29 is 9.53 Å². The number of aryl methyl sites for hydroxylation is 2. The highest BCUT2D eigenvalue weighted by Gasteiger charge is 2.11. The SMILES string of the molecule is Cc1ccnc(NC(=O)c2ccn(COc3ccccc3C)n2)n1. The number of hydrogen-bond donors (Lipinski definition) is 1. The zero-order valence-corrected chi connectivity index (χ0v) is 13.4. The molecule has 0 spiro atoms. The van der Waals surface area contributed by atoms with Crippen LogP contribution < -0.4 is 10.1 Å². The molecule has 1 N–H and O–H groups in total. The molecule has 0 saturated carbocycles. The van der Waals surface area contributed by atoms with E-state index in [0.29, 0.717) is 0 Å². The molecule has 0 fully saturated rings. The van der Waals surface area contributed by atoms with Gasteiger partial charge in [0.15, 0.2) is 12.4 Å². The van der Waals surface area contributed by atoms with Crippen molar-refractivity contribution in [1.82, 2.24) is 19.7 Å². The number of hydrogen-bond acceptors (Lipinski definition) is 5. The normalized spacial score (nSPS) is 10.4. The van der Waals surface area contributed by atoms with Crippen LogP contribution in [-0.4, -0.2) is 25.7 Å².